The maximum atomic E-state index is 13.8. The predicted molar refractivity (Wildman–Crippen MR) is 150 cm³/mol. The molecule has 9 nitrogen and oxygen atoms in total. The lowest BCUT2D eigenvalue weighted by molar-refractivity contribution is 0.0947. The topological polar surface area (TPSA) is 137 Å². The Morgan fingerprint density at radius 3 is 2.24 bits per heavy atom. The number of aryl methyl sites for hydroxylation is 2. The summed E-state index contributed by atoms with van der Waals surface area (Å²) in [6, 6.07) is 15.7. The summed E-state index contributed by atoms with van der Waals surface area (Å²) in [5.74, 6) is -0.772. The van der Waals surface area contributed by atoms with E-state index in [4.69, 9.17) is 11.6 Å². The molecule has 1 amide bonds. The number of H-pyrrole nitrogens is 1. The molecule has 3 N–H and O–H groups in total. The smallest absolute Gasteiger partial charge is 0.349 e. The Bertz CT molecular complexity index is 1730. The first-order valence-corrected chi connectivity index (χ1v) is 15.3. The number of carbonyl (C=O) groups excluding carboxylic acids is 1. The highest BCUT2D eigenvalue weighted by molar-refractivity contribution is 9.10. The van der Waals surface area contributed by atoms with Crippen molar-refractivity contribution in [3.05, 3.63) is 87.0 Å². The number of aromatic amines is 1. The van der Waals surface area contributed by atoms with E-state index in [2.05, 4.69) is 26.2 Å². The van der Waals surface area contributed by atoms with Crippen LogP contribution in [0.4, 0.5) is 5.69 Å². The van der Waals surface area contributed by atoms with Gasteiger partial charge in [-0.05, 0) is 79.6 Å². The average molecular weight is 641 g/mol. The van der Waals surface area contributed by atoms with E-state index in [0.29, 0.717) is 15.0 Å². The summed E-state index contributed by atoms with van der Waals surface area (Å²) < 4.78 is 62.7. The Kier molecular flexibility index (Phi) is 7.91. The van der Waals surface area contributed by atoms with Gasteiger partial charge in [-0.25, -0.2) is 12.7 Å². The first kappa shape index (κ1) is 28.1. The molecule has 4 rings (SSSR count). The van der Waals surface area contributed by atoms with Gasteiger partial charge in [0.1, 0.15) is 10.6 Å². The summed E-state index contributed by atoms with van der Waals surface area (Å²) in [6.07, 6.45) is 0. The molecule has 200 valence electrons. The summed E-state index contributed by atoms with van der Waals surface area (Å²) in [5, 5.41) is 3.09. The van der Waals surface area contributed by atoms with Gasteiger partial charge in [0.15, 0.2) is 0 Å². The van der Waals surface area contributed by atoms with Crippen molar-refractivity contribution in [1.82, 2.24) is 10.3 Å². The zero-order valence-corrected chi connectivity index (χ0v) is 24.2. The molecule has 0 bridgehead atoms. The highest BCUT2D eigenvalue weighted by Crippen LogP contribution is 2.34. The summed E-state index contributed by atoms with van der Waals surface area (Å²) in [6.45, 7) is 3.02. The molecule has 0 unspecified atom stereocenters. The van der Waals surface area contributed by atoms with Crippen LogP contribution in [0.25, 0.3) is 10.9 Å². The fraction of sp³-hybridized carbons (Fsp3) is 0.160. The second-order valence-corrected chi connectivity index (χ2v) is 13.2. The molecule has 0 aliphatic heterocycles. The van der Waals surface area contributed by atoms with Gasteiger partial charge in [0, 0.05) is 26.9 Å². The third-order valence-corrected chi connectivity index (χ3v) is 9.24. The van der Waals surface area contributed by atoms with Gasteiger partial charge in [0.25, 0.3) is 5.91 Å². The molecule has 3 aromatic carbocycles. The minimum absolute atomic E-state index is 0.0257. The minimum atomic E-state index is -4.65. The number of aromatic nitrogens is 1. The standard InChI is InChI=1S/C25H23BrClN3O6S2/c1-15-11-16(2)13-20(12-15)37(32,33)24-21-14-18(27)5-8-22(21)29-23(24)25(31)28-9-10-30(38(34,35)36)19-6-3-17(26)4-7-19/h3-8,11-14,29H,9-10H2,1-2H3,(H,28,31)(H,34,35,36). The van der Waals surface area contributed by atoms with Crippen LogP contribution in [-0.4, -0.2) is 45.4 Å². The zero-order chi connectivity index (χ0) is 27.8. The number of carbonyl (C=O) groups is 1. The monoisotopic (exact) mass is 639 g/mol. The van der Waals surface area contributed by atoms with Gasteiger partial charge in [0.2, 0.25) is 9.84 Å². The third kappa shape index (κ3) is 5.89. The number of fused-ring (bicyclic) bond motifs is 1. The summed E-state index contributed by atoms with van der Waals surface area (Å²) in [4.78, 5) is 15.9. The number of sulfone groups is 1. The number of hydrogen-bond donors (Lipinski definition) is 3. The molecule has 4 aromatic rings. The minimum Gasteiger partial charge on any atom is -0.349 e. The molecule has 0 radical (unpaired) electrons. The van der Waals surface area contributed by atoms with Crippen LogP contribution in [0.1, 0.15) is 21.6 Å². The Morgan fingerprint density at radius 2 is 1.63 bits per heavy atom. The highest BCUT2D eigenvalue weighted by atomic mass is 79.9. The van der Waals surface area contributed by atoms with Crippen molar-refractivity contribution in [3.8, 4) is 0 Å². The fourth-order valence-corrected chi connectivity index (χ4v) is 7.06. The fourth-order valence-electron chi connectivity index (χ4n) is 4.13. The Labute approximate surface area is 233 Å². The second kappa shape index (κ2) is 10.7. The van der Waals surface area contributed by atoms with Gasteiger partial charge in [-0.15, -0.1) is 0 Å². The first-order valence-electron chi connectivity index (χ1n) is 11.2. The van der Waals surface area contributed by atoms with Crippen molar-refractivity contribution < 1.29 is 26.2 Å². The summed E-state index contributed by atoms with van der Waals surface area (Å²) in [5.41, 5.74) is 1.83. The predicted octanol–water partition coefficient (Wildman–Crippen LogP) is 5.07. The van der Waals surface area contributed by atoms with E-state index in [1.807, 2.05) is 6.07 Å². The first-order chi connectivity index (χ1) is 17.8. The molecule has 1 aromatic heterocycles. The zero-order valence-electron chi connectivity index (χ0n) is 20.2. The number of amides is 1. The van der Waals surface area contributed by atoms with E-state index in [1.54, 1.807) is 38.1 Å². The molecule has 0 atom stereocenters. The molecule has 0 saturated carbocycles. The Morgan fingerprint density at radius 1 is 1.00 bits per heavy atom. The lowest BCUT2D eigenvalue weighted by Crippen LogP contribution is -2.38. The van der Waals surface area contributed by atoms with Crippen molar-refractivity contribution in [3.63, 3.8) is 0 Å². The number of nitrogens with one attached hydrogen (secondary N) is 2. The van der Waals surface area contributed by atoms with Crippen molar-refractivity contribution in [2.45, 2.75) is 23.6 Å². The van der Waals surface area contributed by atoms with Gasteiger partial charge in [-0.2, -0.15) is 8.42 Å². The molecule has 13 heteroatoms. The van der Waals surface area contributed by atoms with E-state index in [9.17, 15) is 26.2 Å². The largest absolute Gasteiger partial charge is 0.360 e. The molecular weight excluding hydrogens is 618 g/mol. The molecule has 0 aliphatic rings. The van der Waals surface area contributed by atoms with E-state index in [0.717, 1.165) is 15.4 Å². The number of hydrogen-bond acceptors (Lipinski definition) is 5. The second-order valence-electron chi connectivity index (χ2n) is 8.63. The molecule has 0 saturated heterocycles. The van der Waals surface area contributed by atoms with Crippen LogP contribution in [0, 0.1) is 13.8 Å². The number of nitrogens with zero attached hydrogens (tertiary/aromatic N) is 1. The molecule has 38 heavy (non-hydrogen) atoms. The third-order valence-electron chi connectivity index (χ3n) is 5.71. The highest BCUT2D eigenvalue weighted by Gasteiger charge is 2.30. The quantitative estimate of drug-likeness (QED) is 0.230. The maximum absolute atomic E-state index is 13.8. The van der Waals surface area contributed by atoms with Crippen LogP contribution in [-0.2, 0) is 20.1 Å². The van der Waals surface area contributed by atoms with Crippen LogP contribution in [0.2, 0.25) is 5.02 Å². The number of benzene rings is 3. The van der Waals surface area contributed by atoms with Crippen molar-refractivity contribution in [2.24, 2.45) is 0 Å². The van der Waals surface area contributed by atoms with Crippen molar-refractivity contribution in [2.75, 3.05) is 17.4 Å². The summed E-state index contributed by atoms with van der Waals surface area (Å²) >= 11 is 9.42. The van der Waals surface area contributed by atoms with E-state index < -0.39 is 26.0 Å². The van der Waals surface area contributed by atoms with Gasteiger partial charge >= 0.3 is 10.3 Å². The van der Waals surface area contributed by atoms with Crippen LogP contribution in [0.5, 0.6) is 0 Å². The Balaban J connectivity index is 1.69. The van der Waals surface area contributed by atoms with Crippen molar-refractivity contribution >= 4 is 70.2 Å². The van der Waals surface area contributed by atoms with Gasteiger partial charge in [0.05, 0.1) is 17.1 Å². The van der Waals surface area contributed by atoms with Crippen LogP contribution < -0.4 is 9.62 Å². The lowest BCUT2D eigenvalue weighted by Gasteiger charge is -2.21. The Hall–Kier alpha value is -2.90. The lowest BCUT2D eigenvalue weighted by atomic mass is 10.2. The normalized spacial score (nSPS) is 12.0. The maximum Gasteiger partial charge on any atom is 0.360 e. The van der Waals surface area contributed by atoms with E-state index in [1.165, 1.54) is 30.3 Å². The molecule has 0 fully saturated rings. The molecule has 0 spiro atoms. The number of anilines is 1. The van der Waals surface area contributed by atoms with E-state index >= 15 is 0 Å². The van der Waals surface area contributed by atoms with Gasteiger partial charge < -0.3 is 10.3 Å². The van der Waals surface area contributed by atoms with E-state index in [-0.39, 0.29) is 39.6 Å². The molecule has 1 heterocycles. The summed E-state index contributed by atoms with van der Waals surface area (Å²) in [7, 11) is -8.82. The van der Waals surface area contributed by atoms with Gasteiger partial charge in [-0.1, -0.05) is 33.6 Å². The van der Waals surface area contributed by atoms with Crippen LogP contribution in [0.15, 0.2) is 74.9 Å². The van der Waals surface area contributed by atoms with Crippen LogP contribution >= 0.6 is 27.5 Å². The van der Waals surface area contributed by atoms with Gasteiger partial charge in [-0.3, -0.25) is 9.35 Å². The number of halogens is 2. The molecular formula is C25H23BrClN3O6S2. The number of rotatable bonds is 8. The molecule has 0 aliphatic carbocycles. The van der Waals surface area contributed by atoms with Crippen LogP contribution in [0.3, 0.4) is 0 Å². The SMILES string of the molecule is Cc1cc(C)cc(S(=O)(=O)c2c(C(=O)NCCN(c3ccc(Br)cc3)S(=O)(=O)O)[nH]c3ccc(Cl)cc23)c1. The average Bonchev–Trinajstić information content (AvgIpc) is 3.20. The van der Waals surface area contributed by atoms with Crippen molar-refractivity contribution in [1.29, 1.82) is 0 Å².